The van der Waals surface area contributed by atoms with Crippen molar-refractivity contribution in [1.82, 2.24) is 19.9 Å². The summed E-state index contributed by atoms with van der Waals surface area (Å²) in [5.41, 5.74) is 1.41. The quantitative estimate of drug-likeness (QED) is 0.495. The summed E-state index contributed by atoms with van der Waals surface area (Å²) in [6.07, 6.45) is 1.03. The van der Waals surface area contributed by atoms with E-state index < -0.39 is 6.09 Å². The fraction of sp³-hybridized carbons (Fsp3) is 0.100. The second kappa shape index (κ2) is 8.35. The molecule has 2 aromatic heterocycles. The van der Waals surface area contributed by atoms with Gasteiger partial charge in [0.2, 0.25) is 0 Å². The van der Waals surface area contributed by atoms with Gasteiger partial charge >= 0.3 is 24.1 Å². The predicted molar refractivity (Wildman–Crippen MR) is 107 cm³/mol. The van der Waals surface area contributed by atoms with Crippen LogP contribution in [0.25, 0.3) is 10.9 Å². The number of carbonyl (C=O) groups is 1. The molecule has 152 valence electrons. The van der Waals surface area contributed by atoms with Crippen molar-refractivity contribution >= 4 is 22.7 Å². The Morgan fingerprint density at radius 1 is 0.900 bits per heavy atom. The van der Waals surface area contributed by atoms with Crippen LogP contribution in [-0.2, 0) is 0 Å². The molecule has 0 saturated heterocycles. The van der Waals surface area contributed by atoms with Gasteiger partial charge in [0, 0.05) is 22.8 Å². The van der Waals surface area contributed by atoms with Crippen LogP contribution in [0.2, 0.25) is 0 Å². The van der Waals surface area contributed by atoms with Gasteiger partial charge in [-0.3, -0.25) is 5.32 Å². The monoisotopic (exact) mass is 407 g/mol. The Kier molecular flexibility index (Phi) is 5.29. The maximum absolute atomic E-state index is 12.2. The number of carbonyl (C=O) groups excluding carboxylic acids is 1. The second-order valence-electron chi connectivity index (χ2n) is 5.93. The van der Waals surface area contributed by atoms with E-state index in [1.807, 2.05) is 24.3 Å². The van der Waals surface area contributed by atoms with Crippen LogP contribution < -0.4 is 24.3 Å². The molecule has 0 spiro atoms. The molecule has 10 nitrogen and oxygen atoms in total. The Bertz CT molecular complexity index is 1150. The first kappa shape index (κ1) is 19.0. The van der Waals surface area contributed by atoms with Gasteiger partial charge in [-0.15, -0.1) is 15.0 Å². The Balaban J connectivity index is 1.40. The number of aromatic amines is 1. The number of nitrogens with zero attached hydrogens (tertiary/aromatic N) is 3. The Morgan fingerprint density at radius 2 is 1.57 bits per heavy atom. The van der Waals surface area contributed by atoms with Gasteiger partial charge in [-0.25, -0.2) is 4.79 Å². The number of ether oxygens (including phenoxy) is 4. The highest BCUT2D eigenvalue weighted by molar-refractivity contribution is 5.92. The van der Waals surface area contributed by atoms with Gasteiger partial charge < -0.3 is 23.9 Å². The summed E-state index contributed by atoms with van der Waals surface area (Å²) in [5.74, 6) is 0.890. The molecule has 0 atom stereocenters. The molecule has 0 aliphatic rings. The fourth-order valence-electron chi connectivity index (χ4n) is 2.63. The molecule has 2 aromatic carbocycles. The number of hydrogen-bond acceptors (Lipinski definition) is 8. The highest BCUT2D eigenvalue weighted by Crippen LogP contribution is 2.26. The van der Waals surface area contributed by atoms with Gasteiger partial charge in [0.05, 0.1) is 14.2 Å². The summed E-state index contributed by atoms with van der Waals surface area (Å²) in [7, 11) is 2.85. The van der Waals surface area contributed by atoms with Crippen molar-refractivity contribution in [3.63, 3.8) is 0 Å². The summed E-state index contributed by atoms with van der Waals surface area (Å²) >= 11 is 0. The van der Waals surface area contributed by atoms with Gasteiger partial charge in [-0.2, -0.15) is 0 Å². The third kappa shape index (κ3) is 4.22. The smallest absolute Gasteiger partial charge is 0.417 e. The number of aromatic nitrogens is 4. The van der Waals surface area contributed by atoms with E-state index in [0.717, 1.165) is 10.9 Å². The molecule has 0 bridgehead atoms. The average molecular weight is 407 g/mol. The number of para-hydroxylation sites is 1. The molecular weight excluding hydrogens is 390 g/mol. The van der Waals surface area contributed by atoms with E-state index in [9.17, 15) is 4.79 Å². The van der Waals surface area contributed by atoms with Gasteiger partial charge in [-0.1, -0.05) is 12.1 Å². The van der Waals surface area contributed by atoms with Crippen LogP contribution in [0.1, 0.15) is 0 Å². The van der Waals surface area contributed by atoms with Crippen molar-refractivity contribution in [3.8, 4) is 29.5 Å². The molecule has 2 heterocycles. The molecular formula is C20H17N5O5. The van der Waals surface area contributed by atoms with Crippen LogP contribution in [0.15, 0.2) is 54.7 Å². The first-order valence-electron chi connectivity index (χ1n) is 8.81. The second-order valence-corrected chi connectivity index (χ2v) is 5.93. The number of benzene rings is 2. The summed E-state index contributed by atoms with van der Waals surface area (Å²) in [6.45, 7) is 0. The largest absolute Gasteiger partial charge is 0.467 e. The molecule has 1 amide bonds. The standard InChI is InChI=1S/C20H17N5O5/c1-27-17-23-18(28-2)25-19(24-17)29-13-9-7-12(8-10-13)22-20(26)30-16-11-21-15-6-4-3-5-14(15)16/h3-11,21H,1-2H3,(H,22,26). The third-order valence-electron chi connectivity index (χ3n) is 4.00. The Hall–Kier alpha value is -4.34. The van der Waals surface area contributed by atoms with E-state index >= 15 is 0 Å². The maximum atomic E-state index is 12.2. The van der Waals surface area contributed by atoms with Gasteiger partial charge in [0.25, 0.3) is 0 Å². The third-order valence-corrected chi connectivity index (χ3v) is 4.00. The highest BCUT2D eigenvalue weighted by atomic mass is 16.6. The van der Waals surface area contributed by atoms with Gasteiger partial charge in [0.15, 0.2) is 5.75 Å². The fourth-order valence-corrected chi connectivity index (χ4v) is 2.63. The lowest BCUT2D eigenvalue weighted by molar-refractivity contribution is 0.215. The van der Waals surface area contributed by atoms with E-state index in [1.54, 1.807) is 30.5 Å². The average Bonchev–Trinajstić information content (AvgIpc) is 3.17. The number of fused-ring (bicyclic) bond motifs is 1. The normalized spacial score (nSPS) is 10.5. The van der Waals surface area contributed by atoms with Crippen LogP contribution >= 0.6 is 0 Å². The molecule has 0 radical (unpaired) electrons. The molecule has 0 fully saturated rings. The molecule has 0 aliphatic carbocycles. The summed E-state index contributed by atoms with van der Waals surface area (Å²) < 4.78 is 20.9. The highest BCUT2D eigenvalue weighted by Gasteiger charge is 2.11. The van der Waals surface area contributed by atoms with Crippen molar-refractivity contribution in [2.24, 2.45) is 0 Å². The number of H-pyrrole nitrogens is 1. The zero-order chi connectivity index (χ0) is 20.9. The number of hydrogen-bond donors (Lipinski definition) is 2. The van der Waals surface area contributed by atoms with Crippen LogP contribution in [0.5, 0.6) is 29.5 Å². The minimum Gasteiger partial charge on any atom is -0.467 e. The van der Waals surface area contributed by atoms with E-state index in [4.69, 9.17) is 18.9 Å². The molecule has 0 unspecified atom stereocenters. The predicted octanol–water partition coefficient (Wildman–Crippen LogP) is 3.77. The van der Waals surface area contributed by atoms with Crippen molar-refractivity contribution in [1.29, 1.82) is 0 Å². The molecule has 30 heavy (non-hydrogen) atoms. The first-order chi connectivity index (χ1) is 14.6. The molecule has 0 saturated carbocycles. The number of nitrogens with one attached hydrogen (secondary N) is 2. The minimum absolute atomic E-state index is 0.0122. The van der Waals surface area contributed by atoms with Crippen LogP contribution in [0.3, 0.4) is 0 Å². The van der Waals surface area contributed by atoms with E-state index in [-0.39, 0.29) is 18.0 Å². The van der Waals surface area contributed by atoms with Crippen molar-refractivity contribution < 1.29 is 23.7 Å². The lowest BCUT2D eigenvalue weighted by atomic mass is 10.2. The number of methoxy groups -OCH3 is 2. The first-order valence-corrected chi connectivity index (χ1v) is 8.81. The summed E-state index contributed by atoms with van der Waals surface area (Å²) in [5, 5.41) is 3.48. The lowest BCUT2D eigenvalue weighted by Gasteiger charge is -2.08. The van der Waals surface area contributed by atoms with Crippen LogP contribution in [0.4, 0.5) is 10.5 Å². The van der Waals surface area contributed by atoms with Crippen LogP contribution in [-0.4, -0.2) is 40.2 Å². The zero-order valence-corrected chi connectivity index (χ0v) is 16.1. The lowest BCUT2D eigenvalue weighted by Crippen LogP contribution is -2.16. The molecule has 2 N–H and O–H groups in total. The van der Waals surface area contributed by atoms with Crippen molar-refractivity contribution in [2.75, 3.05) is 19.5 Å². The Morgan fingerprint density at radius 3 is 2.27 bits per heavy atom. The molecule has 10 heteroatoms. The van der Waals surface area contributed by atoms with E-state index in [1.165, 1.54) is 14.2 Å². The van der Waals surface area contributed by atoms with Crippen LogP contribution in [0, 0.1) is 0 Å². The number of amides is 1. The number of anilines is 1. The zero-order valence-electron chi connectivity index (χ0n) is 16.1. The molecule has 4 aromatic rings. The van der Waals surface area contributed by atoms with Gasteiger partial charge in [-0.05, 0) is 36.4 Å². The van der Waals surface area contributed by atoms with Crippen molar-refractivity contribution in [3.05, 3.63) is 54.7 Å². The maximum Gasteiger partial charge on any atom is 0.417 e. The SMILES string of the molecule is COc1nc(OC)nc(Oc2ccc(NC(=O)Oc3c[nH]c4ccccc34)cc2)n1. The topological polar surface area (TPSA) is 120 Å². The summed E-state index contributed by atoms with van der Waals surface area (Å²) in [6, 6.07) is 14.3. The molecule has 4 rings (SSSR count). The van der Waals surface area contributed by atoms with E-state index in [2.05, 4.69) is 25.3 Å². The number of rotatable bonds is 6. The summed E-state index contributed by atoms with van der Waals surface area (Å²) in [4.78, 5) is 27.1. The minimum atomic E-state index is -0.611. The Labute approximate surface area is 170 Å². The van der Waals surface area contributed by atoms with Crippen molar-refractivity contribution in [2.45, 2.75) is 0 Å². The van der Waals surface area contributed by atoms with E-state index in [0.29, 0.717) is 17.2 Å². The molecule has 0 aliphatic heterocycles. The van der Waals surface area contributed by atoms with Gasteiger partial charge in [0.1, 0.15) is 5.75 Å².